The van der Waals surface area contributed by atoms with E-state index < -0.39 is 12.1 Å². The topological polar surface area (TPSA) is 93.9 Å². The van der Waals surface area contributed by atoms with Gasteiger partial charge in [0.05, 0.1) is 12.5 Å². The second-order valence-electron chi connectivity index (χ2n) is 5.72. The number of hydrogen-bond donors (Lipinski definition) is 2. The molecule has 0 spiro atoms. The number of thiophene rings is 1. The quantitative estimate of drug-likeness (QED) is 0.825. The van der Waals surface area contributed by atoms with Crippen molar-refractivity contribution in [3.05, 3.63) is 46.2 Å². The Morgan fingerprint density at radius 3 is 2.84 bits per heavy atom. The van der Waals surface area contributed by atoms with Gasteiger partial charge in [0.15, 0.2) is 11.5 Å². The van der Waals surface area contributed by atoms with Crippen LogP contribution in [-0.2, 0) is 11.3 Å². The summed E-state index contributed by atoms with van der Waals surface area (Å²) in [4.78, 5) is 26.3. The number of hydrogen-bond acceptors (Lipinski definition) is 5. The Morgan fingerprint density at radius 2 is 2.12 bits per heavy atom. The molecule has 1 atom stereocenters. The monoisotopic (exact) mass is 361 g/mol. The summed E-state index contributed by atoms with van der Waals surface area (Å²) in [6.45, 7) is 0.651. The fraction of sp³-hybridized carbons (Fsp3) is 0.294. The van der Waals surface area contributed by atoms with Gasteiger partial charge in [-0.25, -0.2) is 4.79 Å². The maximum Gasteiger partial charge on any atom is 0.312 e. The summed E-state index contributed by atoms with van der Waals surface area (Å²) in [7, 11) is 1.72. The Hall–Kier alpha value is -2.74. The number of benzene rings is 1. The first kappa shape index (κ1) is 17.1. The van der Waals surface area contributed by atoms with Crippen molar-refractivity contribution in [2.24, 2.45) is 5.73 Å². The van der Waals surface area contributed by atoms with E-state index in [1.165, 1.54) is 11.3 Å². The van der Waals surface area contributed by atoms with Gasteiger partial charge in [-0.2, -0.15) is 0 Å². The molecule has 2 heterocycles. The Labute approximate surface area is 149 Å². The van der Waals surface area contributed by atoms with E-state index in [-0.39, 0.29) is 19.1 Å². The predicted molar refractivity (Wildman–Crippen MR) is 93.4 cm³/mol. The highest BCUT2D eigenvalue weighted by atomic mass is 32.1. The zero-order chi connectivity index (χ0) is 17.8. The lowest BCUT2D eigenvalue weighted by atomic mass is 10.1. The molecule has 1 aromatic carbocycles. The molecule has 3 amide bonds. The summed E-state index contributed by atoms with van der Waals surface area (Å²) >= 11 is 1.47. The molecule has 1 aromatic heterocycles. The third-order valence-corrected chi connectivity index (χ3v) is 4.85. The Morgan fingerprint density at radius 1 is 1.32 bits per heavy atom. The molecule has 0 radical (unpaired) electrons. The molecule has 0 saturated carbocycles. The van der Waals surface area contributed by atoms with Gasteiger partial charge in [0, 0.05) is 18.5 Å². The van der Waals surface area contributed by atoms with Crippen LogP contribution in [0.4, 0.5) is 4.79 Å². The molecule has 8 heteroatoms. The molecule has 0 bridgehead atoms. The minimum atomic E-state index is -0.648. The molecule has 0 fully saturated rings. The fourth-order valence-electron chi connectivity index (χ4n) is 2.62. The van der Waals surface area contributed by atoms with Crippen molar-refractivity contribution in [3.63, 3.8) is 0 Å². The van der Waals surface area contributed by atoms with E-state index in [1.54, 1.807) is 11.9 Å². The van der Waals surface area contributed by atoms with Gasteiger partial charge in [-0.05, 0) is 29.1 Å². The number of fused-ring (bicyclic) bond motifs is 1. The number of nitrogens with one attached hydrogen (secondary N) is 1. The van der Waals surface area contributed by atoms with Crippen molar-refractivity contribution in [3.8, 4) is 11.5 Å². The smallest absolute Gasteiger partial charge is 0.312 e. The summed E-state index contributed by atoms with van der Waals surface area (Å²) in [5.74, 6) is 1.30. The van der Waals surface area contributed by atoms with Crippen LogP contribution < -0.4 is 20.5 Å². The highest BCUT2D eigenvalue weighted by Crippen LogP contribution is 2.32. The van der Waals surface area contributed by atoms with Crippen molar-refractivity contribution in [2.75, 3.05) is 13.8 Å². The van der Waals surface area contributed by atoms with Gasteiger partial charge >= 0.3 is 6.03 Å². The number of carbonyl (C=O) groups excluding carboxylic acids is 2. The van der Waals surface area contributed by atoms with Gasteiger partial charge in [-0.1, -0.05) is 12.1 Å². The molecule has 1 aliphatic heterocycles. The largest absolute Gasteiger partial charge is 0.454 e. The molecule has 1 aliphatic rings. The standard InChI is InChI=1S/C17H19N3O4S/c1-20(9-11-4-5-13-14(7-11)24-10-23-13)16(21)8-12(19-17(18)22)15-3-2-6-25-15/h2-7,12H,8-10H2,1H3,(H3,18,19,22). The van der Waals surface area contributed by atoms with Gasteiger partial charge in [0.2, 0.25) is 12.7 Å². The maximum absolute atomic E-state index is 12.6. The van der Waals surface area contributed by atoms with Crippen LogP contribution in [0, 0.1) is 0 Å². The van der Waals surface area contributed by atoms with E-state index in [0.29, 0.717) is 18.0 Å². The second kappa shape index (κ2) is 7.43. The van der Waals surface area contributed by atoms with Crippen molar-refractivity contribution in [1.82, 2.24) is 10.2 Å². The molecule has 2 aromatic rings. The molecule has 7 nitrogen and oxygen atoms in total. The summed E-state index contributed by atoms with van der Waals surface area (Å²) in [5, 5.41) is 4.53. The van der Waals surface area contributed by atoms with Crippen LogP contribution >= 0.6 is 11.3 Å². The molecule has 25 heavy (non-hydrogen) atoms. The molecular weight excluding hydrogens is 342 g/mol. The lowest BCUT2D eigenvalue weighted by Crippen LogP contribution is -2.36. The SMILES string of the molecule is CN(Cc1ccc2c(c1)OCO2)C(=O)CC(NC(N)=O)c1cccs1. The van der Waals surface area contributed by atoms with E-state index in [4.69, 9.17) is 15.2 Å². The number of carbonyl (C=O) groups is 2. The summed E-state index contributed by atoms with van der Waals surface area (Å²) in [6.07, 6.45) is 0.143. The molecule has 0 saturated heterocycles. The van der Waals surface area contributed by atoms with Gasteiger partial charge < -0.3 is 25.4 Å². The van der Waals surface area contributed by atoms with Gasteiger partial charge in [-0.3, -0.25) is 4.79 Å². The van der Waals surface area contributed by atoms with E-state index in [2.05, 4.69) is 5.32 Å². The number of amides is 3. The lowest BCUT2D eigenvalue weighted by Gasteiger charge is -2.21. The zero-order valence-electron chi connectivity index (χ0n) is 13.7. The van der Waals surface area contributed by atoms with Crippen LogP contribution in [0.5, 0.6) is 11.5 Å². The molecule has 0 aliphatic carbocycles. The van der Waals surface area contributed by atoms with Gasteiger partial charge in [-0.15, -0.1) is 11.3 Å². The molecule has 1 unspecified atom stereocenters. The minimum Gasteiger partial charge on any atom is -0.454 e. The number of ether oxygens (including phenoxy) is 2. The predicted octanol–water partition coefficient (Wildman–Crippen LogP) is 2.23. The number of primary amides is 1. The van der Waals surface area contributed by atoms with Crippen molar-refractivity contribution in [1.29, 1.82) is 0 Å². The average Bonchev–Trinajstić information content (AvgIpc) is 3.24. The van der Waals surface area contributed by atoms with Gasteiger partial charge in [0.25, 0.3) is 0 Å². The third kappa shape index (κ3) is 4.21. The number of nitrogens with zero attached hydrogens (tertiary/aromatic N) is 1. The van der Waals surface area contributed by atoms with Crippen LogP contribution in [0.15, 0.2) is 35.7 Å². The average molecular weight is 361 g/mol. The number of nitrogens with two attached hydrogens (primary N) is 1. The summed E-state index contributed by atoms with van der Waals surface area (Å²) < 4.78 is 10.6. The fourth-order valence-corrected chi connectivity index (χ4v) is 3.39. The molecular formula is C17H19N3O4S. The first-order chi connectivity index (χ1) is 12.0. The first-order valence-corrected chi connectivity index (χ1v) is 8.63. The second-order valence-corrected chi connectivity index (χ2v) is 6.70. The van der Waals surface area contributed by atoms with E-state index in [0.717, 1.165) is 10.4 Å². The summed E-state index contributed by atoms with van der Waals surface area (Å²) in [5.41, 5.74) is 6.17. The lowest BCUT2D eigenvalue weighted by molar-refractivity contribution is -0.130. The van der Waals surface area contributed by atoms with Crippen LogP contribution in [0.25, 0.3) is 0 Å². The van der Waals surface area contributed by atoms with E-state index in [9.17, 15) is 9.59 Å². The third-order valence-electron chi connectivity index (χ3n) is 3.86. The van der Waals surface area contributed by atoms with Crippen molar-refractivity contribution in [2.45, 2.75) is 19.0 Å². The van der Waals surface area contributed by atoms with Crippen molar-refractivity contribution >= 4 is 23.3 Å². The van der Waals surface area contributed by atoms with Crippen LogP contribution in [-0.4, -0.2) is 30.7 Å². The Bertz CT molecular complexity index is 763. The Balaban J connectivity index is 1.63. The molecule has 3 N–H and O–H groups in total. The number of urea groups is 1. The minimum absolute atomic E-state index is 0.0928. The highest BCUT2D eigenvalue weighted by molar-refractivity contribution is 7.10. The van der Waals surface area contributed by atoms with Gasteiger partial charge in [0.1, 0.15) is 0 Å². The van der Waals surface area contributed by atoms with Crippen LogP contribution in [0.1, 0.15) is 22.9 Å². The normalized spacial score (nSPS) is 13.3. The van der Waals surface area contributed by atoms with Crippen molar-refractivity contribution < 1.29 is 19.1 Å². The van der Waals surface area contributed by atoms with Crippen LogP contribution in [0.2, 0.25) is 0 Å². The zero-order valence-corrected chi connectivity index (χ0v) is 14.5. The first-order valence-electron chi connectivity index (χ1n) is 7.75. The maximum atomic E-state index is 12.6. The van der Waals surface area contributed by atoms with E-state index in [1.807, 2.05) is 35.7 Å². The Kier molecular flexibility index (Phi) is 5.08. The number of rotatable bonds is 6. The molecule has 132 valence electrons. The highest BCUT2D eigenvalue weighted by Gasteiger charge is 2.21. The van der Waals surface area contributed by atoms with Crippen LogP contribution in [0.3, 0.4) is 0 Å². The van der Waals surface area contributed by atoms with E-state index >= 15 is 0 Å². The summed E-state index contributed by atoms with van der Waals surface area (Å²) in [6, 6.07) is 8.26. The molecule has 3 rings (SSSR count).